The van der Waals surface area contributed by atoms with Crippen LogP contribution in [0.25, 0.3) is 97.9 Å². The Kier molecular flexibility index (Phi) is 8.83. The highest BCUT2D eigenvalue weighted by molar-refractivity contribution is 6.40. The van der Waals surface area contributed by atoms with Crippen molar-refractivity contribution in [3.8, 4) is 0 Å². The SMILES string of the molecule is CC(C)(C)c1cc(N(c2ccccc2)c2ccccc2)c2c(c1)c1cc3ccccc3c3c4c5c6cc(C(C)(C)C)cc7c8c9ccccc9cc(N(c9ccccc9)c9ccccc9)c8n(c5ncc4n2c13)c67. The number of hydrogen-bond acceptors (Lipinski definition) is 3. The molecular formula is C69H53N5. The Hall–Kier alpha value is -8.93. The van der Waals surface area contributed by atoms with E-state index in [4.69, 9.17) is 4.98 Å². The summed E-state index contributed by atoms with van der Waals surface area (Å²) in [6.45, 7) is 14.1. The predicted molar refractivity (Wildman–Crippen MR) is 315 cm³/mol. The van der Waals surface area contributed by atoms with Crippen molar-refractivity contribution < 1.29 is 0 Å². The third kappa shape index (κ3) is 5.95. The molecule has 5 aromatic heterocycles. The molecule has 0 aliphatic heterocycles. The van der Waals surface area contributed by atoms with Crippen LogP contribution in [0.4, 0.5) is 34.1 Å². The molecule has 0 saturated heterocycles. The Bertz CT molecular complexity index is 4630. The van der Waals surface area contributed by atoms with Crippen LogP contribution in [0, 0.1) is 0 Å². The maximum absolute atomic E-state index is 5.81. The summed E-state index contributed by atoms with van der Waals surface area (Å²) in [7, 11) is 0. The van der Waals surface area contributed by atoms with Gasteiger partial charge in [0.25, 0.3) is 0 Å². The first-order valence-corrected chi connectivity index (χ1v) is 26.0. The van der Waals surface area contributed by atoms with Crippen LogP contribution in [0.15, 0.2) is 212 Å². The van der Waals surface area contributed by atoms with Crippen molar-refractivity contribution in [2.75, 3.05) is 9.80 Å². The molecule has 0 bridgehead atoms. The molecule has 0 N–H and O–H groups in total. The summed E-state index contributed by atoms with van der Waals surface area (Å²) in [5, 5.41) is 14.8. The Labute approximate surface area is 429 Å². The average Bonchev–Trinajstić information content (AvgIpc) is 4.16. The molecular weight excluding hydrogens is 899 g/mol. The normalized spacial score (nSPS) is 12.7. The number of nitrogens with zero attached hydrogens (tertiary/aromatic N) is 5. The molecule has 74 heavy (non-hydrogen) atoms. The number of anilines is 6. The van der Waals surface area contributed by atoms with E-state index in [-0.39, 0.29) is 10.8 Å². The molecule has 15 aromatic rings. The van der Waals surface area contributed by atoms with Gasteiger partial charge in [-0.25, -0.2) is 4.98 Å². The molecule has 5 nitrogen and oxygen atoms in total. The van der Waals surface area contributed by atoms with Crippen LogP contribution < -0.4 is 9.80 Å². The number of hydrogen-bond donors (Lipinski definition) is 0. The van der Waals surface area contributed by atoms with Gasteiger partial charge in [0.1, 0.15) is 5.65 Å². The van der Waals surface area contributed by atoms with E-state index in [2.05, 4.69) is 273 Å². The van der Waals surface area contributed by atoms with Crippen molar-refractivity contribution in [2.24, 2.45) is 0 Å². The second-order valence-corrected chi connectivity index (χ2v) is 22.4. The minimum absolute atomic E-state index is 0.124. The number of pyridine rings is 1. The zero-order valence-electron chi connectivity index (χ0n) is 42.4. The second kappa shape index (κ2) is 15.3. The molecule has 354 valence electrons. The van der Waals surface area contributed by atoms with Gasteiger partial charge >= 0.3 is 0 Å². The monoisotopic (exact) mass is 951 g/mol. The molecule has 0 radical (unpaired) electrons. The lowest BCUT2D eigenvalue weighted by atomic mass is 9.85. The van der Waals surface area contributed by atoms with Crippen molar-refractivity contribution in [1.29, 1.82) is 0 Å². The Morgan fingerprint density at radius 2 is 0.770 bits per heavy atom. The summed E-state index contributed by atoms with van der Waals surface area (Å²) in [6, 6.07) is 76.2. The molecule has 0 aliphatic carbocycles. The van der Waals surface area contributed by atoms with E-state index in [1.807, 2.05) is 0 Å². The van der Waals surface area contributed by atoms with E-state index in [1.165, 1.54) is 92.3 Å². The fraction of sp³-hybridized carbons (Fsp3) is 0.116. The first-order chi connectivity index (χ1) is 36.0. The number of fused-ring (bicyclic) bond motifs is 17. The topological polar surface area (TPSA) is 28.2 Å². The summed E-state index contributed by atoms with van der Waals surface area (Å²) in [5.74, 6) is 0. The van der Waals surface area contributed by atoms with Crippen molar-refractivity contribution in [2.45, 2.75) is 52.4 Å². The van der Waals surface area contributed by atoms with Crippen LogP contribution >= 0.6 is 0 Å². The number of aromatic nitrogens is 3. The van der Waals surface area contributed by atoms with Crippen molar-refractivity contribution in [1.82, 2.24) is 13.8 Å². The van der Waals surface area contributed by atoms with E-state index < -0.39 is 0 Å². The van der Waals surface area contributed by atoms with Gasteiger partial charge in [0, 0.05) is 65.8 Å². The summed E-state index contributed by atoms with van der Waals surface area (Å²) >= 11 is 0. The minimum Gasteiger partial charge on any atom is -0.308 e. The largest absolute Gasteiger partial charge is 0.308 e. The summed E-state index contributed by atoms with van der Waals surface area (Å²) < 4.78 is 5.11. The quantitative estimate of drug-likeness (QED) is 0.166. The molecule has 5 heterocycles. The molecule has 10 aromatic carbocycles. The van der Waals surface area contributed by atoms with Crippen LogP contribution in [-0.4, -0.2) is 13.8 Å². The van der Waals surface area contributed by atoms with E-state index in [0.717, 1.165) is 50.8 Å². The minimum atomic E-state index is -0.146. The lowest BCUT2D eigenvalue weighted by molar-refractivity contribution is 0.591. The fourth-order valence-corrected chi connectivity index (χ4v) is 12.5. The van der Waals surface area contributed by atoms with Crippen LogP contribution in [0.3, 0.4) is 0 Å². The van der Waals surface area contributed by atoms with Gasteiger partial charge in [0.15, 0.2) is 0 Å². The van der Waals surface area contributed by atoms with Gasteiger partial charge < -0.3 is 14.2 Å². The maximum Gasteiger partial charge on any atom is 0.146 e. The lowest BCUT2D eigenvalue weighted by Gasteiger charge is -2.29. The molecule has 0 unspecified atom stereocenters. The van der Waals surface area contributed by atoms with Crippen molar-refractivity contribution in [3.63, 3.8) is 0 Å². The highest BCUT2D eigenvalue weighted by Gasteiger charge is 2.33. The van der Waals surface area contributed by atoms with Crippen molar-refractivity contribution >= 4 is 132 Å². The van der Waals surface area contributed by atoms with E-state index in [9.17, 15) is 0 Å². The van der Waals surface area contributed by atoms with Gasteiger partial charge in [0.05, 0.1) is 45.2 Å². The maximum atomic E-state index is 5.81. The lowest BCUT2D eigenvalue weighted by Crippen LogP contribution is -2.15. The zero-order chi connectivity index (χ0) is 49.8. The van der Waals surface area contributed by atoms with Gasteiger partial charge in [-0.1, -0.05) is 163 Å². The third-order valence-electron chi connectivity index (χ3n) is 16.0. The average molecular weight is 952 g/mol. The van der Waals surface area contributed by atoms with E-state index in [0.29, 0.717) is 0 Å². The summed E-state index contributed by atoms with van der Waals surface area (Å²) in [4.78, 5) is 10.7. The summed E-state index contributed by atoms with van der Waals surface area (Å²) in [5.41, 5.74) is 15.8. The molecule has 0 saturated carbocycles. The van der Waals surface area contributed by atoms with Gasteiger partial charge in [0.2, 0.25) is 0 Å². The Morgan fingerprint density at radius 1 is 0.338 bits per heavy atom. The van der Waals surface area contributed by atoms with Crippen LogP contribution in [0.1, 0.15) is 52.7 Å². The highest BCUT2D eigenvalue weighted by Crippen LogP contribution is 2.54. The van der Waals surface area contributed by atoms with Crippen LogP contribution in [0.2, 0.25) is 0 Å². The van der Waals surface area contributed by atoms with Crippen LogP contribution in [0.5, 0.6) is 0 Å². The van der Waals surface area contributed by atoms with E-state index >= 15 is 0 Å². The summed E-state index contributed by atoms with van der Waals surface area (Å²) in [6.07, 6.45) is 2.19. The molecule has 0 amide bonds. The van der Waals surface area contributed by atoms with Gasteiger partial charge in [-0.05, 0) is 128 Å². The van der Waals surface area contributed by atoms with Crippen molar-refractivity contribution in [3.05, 3.63) is 224 Å². The smallest absolute Gasteiger partial charge is 0.146 e. The van der Waals surface area contributed by atoms with Crippen LogP contribution in [-0.2, 0) is 10.8 Å². The first-order valence-electron chi connectivity index (χ1n) is 26.0. The van der Waals surface area contributed by atoms with E-state index in [1.54, 1.807) is 0 Å². The standard InChI is InChI=1S/C69H53N5/c1-68(2,3)44-38-54-59-50-33-21-20-24-43(50)36-56(71(46-25-11-7-12-26-46)47-27-13-8-14-28-47)66(59)74-63(54)55(39-44)61-62-58(41-70-67(61)74)73-64-53(52-35-42-23-19-22-34-51(42)60(62)65(52)73)37-45(69(4,5)6)40-57(64)72(48-29-15-9-16-30-48)49-31-17-10-18-32-49/h7-41H,1-6H3. The van der Waals surface area contributed by atoms with Gasteiger partial charge in [-0.3, -0.25) is 4.40 Å². The number of para-hydroxylation sites is 4. The molecule has 15 rings (SSSR count). The molecule has 0 aliphatic rings. The molecule has 0 spiro atoms. The number of benzene rings is 10. The Morgan fingerprint density at radius 3 is 1.31 bits per heavy atom. The van der Waals surface area contributed by atoms with Gasteiger partial charge in [-0.2, -0.15) is 0 Å². The third-order valence-corrected chi connectivity index (χ3v) is 16.0. The first kappa shape index (κ1) is 42.7. The molecule has 0 fully saturated rings. The fourth-order valence-electron chi connectivity index (χ4n) is 12.5. The number of rotatable bonds is 6. The predicted octanol–water partition coefficient (Wildman–Crippen LogP) is 19.2. The van der Waals surface area contributed by atoms with Gasteiger partial charge in [-0.15, -0.1) is 0 Å². The molecule has 0 atom stereocenters. The Balaban J connectivity index is 1.19. The second-order valence-electron chi connectivity index (χ2n) is 22.4. The highest BCUT2D eigenvalue weighted by atomic mass is 15.2. The molecule has 5 heteroatoms. The zero-order valence-corrected chi connectivity index (χ0v) is 42.4.